The number of ether oxygens (including phenoxy) is 2. The van der Waals surface area contributed by atoms with Crippen LogP contribution in [0.2, 0.25) is 10.0 Å². The minimum Gasteiger partial charge on any atom is -0.497 e. The monoisotopic (exact) mass is 506 g/mol. The van der Waals surface area contributed by atoms with E-state index in [2.05, 4.69) is 5.32 Å². The minimum atomic E-state index is -0.606. The van der Waals surface area contributed by atoms with Gasteiger partial charge < -0.3 is 19.7 Å². The van der Waals surface area contributed by atoms with Gasteiger partial charge in [0.2, 0.25) is 11.8 Å². The van der Waals surface area contributed by atoms with Crippen molar-refractivity contribution in [2.75, 3.05) is 13.7 Å². The van der Waals surface area contributed by atoms with Crippen LogP contribution >= 0.6 is 23.2 Å². The fourth-order valence-electron chi connectivity index (χ4n) is 4.04. The number of rotatable bonds is 11. The van der Waals surface area contributed by atoms with Crippen LogP contribution in [0.1, 0.15) is 51.0 Å². The maximum Gasteiger partial charge on any atom is 0.242 e. The second kappa shape index (κ2) is 12.9. The molecule has 1 N–H and O–H groups in total. The molecule has 0 spiro atoms. The van der Waals surface area contributed by atoms with Crippen molar-refractivity contribution in [3.05, 3.63) is 58.1 Å². The van der Waals surface area contributed by atoms with Gasteiger partial charge in [-0.2, -0.15) is 0 Å². The van der Waals surface area contributed by atoms with E-state index in [1.807, 2.05) is 30.3 Å². The Morgan fingerprint density at radius 2 is 1.74 bits per heavy atom. The third-order valence-electron chi connectivity index (χ3n) is 6.07. The molecule has 184 valence electrons. The third kappa shape index (κ3) is 7.54. The molecule has 1 saturated carbocycles. The lowest BCUT2D eigenvalue weighted by Crippen LogP contribution is -2.49. The zero-order valence-corrected chi connectivity index (χ0v) is 21.2. The first-order valence-corrected chi connectivity index (χ1v) is 12.4. The molecule has 2 aromatic carbocycles. The highest BCUT2D eigenvalue weighted by Crippen LogP contribution is 2.24. The van der Waals surface area contributed by atoms with Crippen LogP contribution in [-0.4, -0.2) is 42.5 Å². The topological polar surface area (TPSA) is 67.9 Å². The number of hydrogen-bond acceptors (Lipinski definition) is 4. The standard InChI is InChI=1S/C26H32Cl2N2O4/c1-18(26(32)29-20-6-3-4-7-20)30(17-19-9-14-23(27)24(28)16-19)25(31)8-5-15-34-22-12-10-21(33-2)11-13-22/h9-14,16,18,20H,3-8,15,17H2,1-2H3,(H,29,32)/t18-/m1/s1. The lowest BCUT2D eigenvalue weighted by molar-refractivity contribution is -0.141. The number of carbonyl (C=O) groups is 2. The normalized spacial score (nSPS) is 14.5. The fourth-order valence-corrected chi connectivity index (χ4v) is 4.36. The minimum absolute atomic E-state index is 0.113. The van der Waals surface area contributed by atoms with Crippen molar-refractivity contribution in [1.82, 2.24) is 10.2 Å². The molecular formula is C26H32Cl2N2O4. The molecule has 2 aromatic rings. The Balaban J connectivity index is 1.61. The van der Waals surface area contributed by atoms with E-state index in [0.29, 0.717) is 28.8 Å². The predicted molar refractivity (Wildman–Crippen MR) is 135 cm³/mol. The highest BCUT2D eigenvalue weighted by atomic mass is 35.5. The number of nitrogens with one attached hydrogen (secondary N) is 1. The summed E-state index contributed by atoms with van der Waals surface area (Å²) in [6.07, 6.45) is 5.01. The second-order valence-corrected chi connectivity index (χ2v) is 9.38. The number of nitrogens with zero attached hydrogens (tertiary/aromatic N) is 1. The van der Waals surface area contributed by atoms with E-state index in [0.717, 1.165) is 37.0 Å². The Morgan fingerprint density at radius 3 is 2.38 bits per heavy atom. The molecule has 1 fully saturated rings. The largest absolute Gasteiger partial charge is 0.497 e. The second-order valence-electron chi connectivity index (χ2n) is 8.56. The van der Waals surface area contributed by atoms with Crippen LogP contribution < -0.4 is 14.8 Å². The zero-order chi connectivity index (χ0) is 24.5. The molecule has 8 heteroatoms. The number of methoxy groups -OCH3 is 1. The number of amides is 2. The summed E-state index contributed by atoms with van der Waals surface area (Å²) < 4.78 is 10.9. The van der Waals surface area contributed by atoms with Crippen molar-refractivity contribution in [2.24, 2.45) is 0 Å². The van der Waals surface area contributed by atoms with E-state index in [9.17, 15) is 9.59 Å². The Hall–Kier alpha value is -2.44. The maximum absolute atomic E-state index is 13.2. The molecule has 0 saturated heterocycles. The van der Waals surface area contributed by atoms with E-state index < -0.39 is 6.04 Å². The van der Waals surface area contributed by atoms with Gasteiger partial charge in [-0.3, -0.25) is 9.59 Å². The first-order chi connectivity index (χ1) is 16.4. The lowest BCUT2D eigenvalue weighted by Gasteiger charge is -2.30. The van der Waals surface area contributed by atoms with Crippen molar-refractivity contribution in [2.45, 2.75) is 64.1 Å². The summed E-state index contributed by atoms with van der Waals surface area (Å²) >= 11 is 12.2. The Labute approximate surface area is 211 Å². The quantitative estimate of drug-likeness (QED) is 0.400. The van der Waals surface area contributed by atoms with Gasteiger partial charge in [0.1, 0.15) is 17.5 Å². The van der Waals surface area contributed by atoms with Gasteiger partial charge in [0.05, 0.1) is 23.8 Å². The molecule has 2 amide bonds. The molecule has 0 aromatic heterocycles. The Morgan fingerprint density at radius 1 is 1.06 bits per heavy atom. The molecular weight excluding hydrogens is 475 g/mol. The van der Waals surface area contributed by atoms with E-state index in [4.69, 9.17) is 32.7 Å². The molecule has 1 aliphatic carbocycles. The van der Waals surface area contributed by atoms with Crippen molar-refractivity contribution >= 4 is 35.0 Å². The zero-order valence-electron chi connectivity index (χ0n) is 19.7. The molecule has 34 heavy (non-hydrogen) atoms. The van der Waals surface area contributed by atoms with Crippen LogP contribution in [0.15, 0.2) is 42.5 Å². The van der Waals surface area contributed by atoms with Gasteiger partial charge in [0.25, 0.3) is 0 Å². The van der Waals surface area contributed by atoms with Gasteiger partial charge in [-0.05, 0) is 68.1 Å². The van der Waals surface area contributed by atoms with E-state index in [1.165, 1.54) is 0 Å². The molecule has 0 aliphatic heterocycles. The number of carbonyl (C=O) groups excluding carboxylic acids is 2. The molecule has 0 radical (unpaired) electrons. The van der Waals surface area contributed by atoms with Gasteiger partial charge in [-0.15, -0.1) is 0 Å². The number of hydrogen-bond donors (Lipinski definition) is 1. The first-order valence-electron chi connectivity index (χ1n) is 11.7. The summed E-state index contributed by atoms with van der Waals surface area (Å²) in [7, 11) is 1.61. The molecule has 6 nitrogen and oxygen atoms in total. The molecule has 0 heterocycles. The summed E-state index contributed by atoms with van der Waals surface area (Å²) in [6.45, 7) is 2.43. The van der Waals surface area contributed by atoms with Gasteiger partial charge >= 0.3 is 0 Å². The van der Waals surface area contributed by atoms with Gasteiger partial charge in [-0.25, -0.2) is 0 Å². The summed E-state index contributed by atoms with van der Waals surface area (Å²) in [5.74, 6) is 1.23. The molecule has 1 atom stereocenters. The summed E-state index contributed by atoms with van der Waals surface area (Å²) in [4.78, 5) is 27.7. The smallest absolute Gasteiger partial charge is 0.242 e. The van der Waals surface area contributed by atoms with Crippen LogP contribution in [0.4, 0.5) is 0 Å². The summed E-state index contributed by atoms with van der Waals surface area (Å²) in [6, 6.07) is 12.1. The predicted octanol–water partition coefficient (Wildman–Crippen LogP) is 5.64. The van der Waals surface area contributed by atoms with E-state index in [-0.39, 0.29) is 30.8 Å². The van der Waals surface area contributed by atoms with Crippen molar-refractivity contribution in [1.29, 1.82) is 0 Å². The third-order valence-corrected chi connectivity index (χ3v) is 6.81. The number of halogens is 2. The lowest BCUT2D eigenvalue weighted by atomic mass is 10.1. The fraction of sp³-hybridized carbons (Fsp3) is 0.462. The average Bonchev–Trinajstić information content (AvgIpc) is 3.35. The molecule has 1 aliphatic rings. The van der Waals surface area contributed by atoms with Crippen molar-refractivity contribution in [3.8, 4) is 11.5 Å². The Bertz CT molecular complexity index is 962. The first kappa shape index (κ1) is 26.2. The molecule has 0 unspecified atom stereocenters. The maximum atomic E-state index is 13.2. The van der Waals surface area contributed by atoms with Crippen LogP contribution in [0.3, 0.4) is 0 Å². The number of benzene rings is 2. The van der Waals surface area contributed by atoms with Crippen molar-refractivity contribution in [3.63, 3.8) is 0 Å². The summed E-state index contributed by atoms with van der Waals surface area (Å²) in [5.41, 5.74) is 0.817. The van der Waals surface area contributed by atoms with Gasteiger partial charge in [0.15, 0.2) is 0 Å². The van der Waals surface area contributed by atoms with Crippen LogP contribution in [0.5, 0.6) is 11.5 Å². The van der Waals surface area contributed by atoms with Crippen LogP contribution in [0.25, 0.3) is 0 Å². The molecule has 3 rings (SSSR count). The highest BCUT2D eigenvalue weighted by Gasteiger charge is 2.28. The average molecular weight is 507 g/mol. The van der Waals surface area contributed by atoms with E-state index in [1.54, 1.807) is 31.1 Å². The van der Waals surface area contributed by atoms with Gasteiger partial charge in [0, 0.05) is 19.0 Å². The van der Waals surface area contributed by atoms with Crippen molar-refractivity contribution < 1.29 is 19.1 Å². The SMILES string of the molecule is COc1ccc(OCCCC(=O)N(Cc2ccc(Cl)c(Cl)c2)[C@H](C)C(=O)NC2CCCC2)cc1. The molecule has 0 bridgehead atoms. The van der Waals surface area contributed by atoms with Gasteiger partial charge in [-0.1, -0.05) is 42.1 Å². The van der Waals surface area contributed by atoms with Crippen LogP contribution in [0, 0.1) is 0 Å². The summed E-state index contributed by atoms with van der Waals surface area (Å²) in [5, 5.41) is 3.97. The van der Waals surface area contributed by atoms with E-state index >= 15 is 0 Å². The van der Waals surface area contributed by atoms with Crippen LogP contribution in [-0.2, 0) is 16.1 Å². The Kier molecular flexibility index (Phi) is 9.90. The highest BCUT2D eigenvalue weighted by molar-refractivity contribution is 6.42.